The van der Waals surface area contributed by atoms with Crippen molar-refractivity contribution < 1.29 is 5.11 Å². The van der Waals surface area contributed by atoms with E-state index >= 15 is 0 Å². The first-order chi connectivity index (χ1) is 6.56. The Labute approximate surface area is 90.8 Å². The number of aromatic hydroxyl groups is 1. The first kappa shape index (κ1) is 11.2. The largest absolute Gasteiger partial charge is 0.507 e. The van der Waals surface area contributed by atoms with Gasteiger partial charge in [-0.15, -0.1) is 0 Å². The van der Waals surface area contributed by atoms with E-state index in [1.54, 1.807) is 6.07 Å². The minimum Gasteiger partial charge on any atom is -0.507 e. The monoisotopic (exact) mass is 208 g/mol. The van der Waals surface area contributed by atoms with Crippen LogP contribution in [0.1, 0.15) is 44.2 Å². The second kappa shape index (κ2) is 4.56. The lowest BCUT2D eigenvalue weighted by Gasteiger charge is -2.11. The summed E-state index contributed by atoms with van der Waals surface area (Å²) >= 11 is 5.07. The number of phenolic OH excluding ortho intramolecular Hbond substituents is 1. The number of hydrogen-bond acceptors (Lipinski definition) is 2. The molecular formula is C12H16OS. The van der Waals surface area contributed by atoms with Crippen molar-refractivity contribution in [3.63, 3.8) is 0 Å². The summed E-state index contributed by atoms with van der Waals surface area (Å²) in [6, 6.07) is 5.68. The van der Waals surface area contributed by atoms with Gasteiger partial charge in [0.25, 0.3) is 0 Å². The first-order valence-electron chi connectivity index (χ1n) is 4.90. The van der Waals surface area contributed by atoms with Gasteiger partial charge >= 0.3 is 0 Å². The predicted octanol–water partition coefficient (Wildman–Crippen LogP) is 3.64. The minimum absolute atomic E-state index is 0.282. The number of phenols is 1. The van der Waals surface area contributed by atoms with Crippen LogP contribution in [0.3, 0.4) is 0 Å². The van der Waals surface area contributed by atoms with Gasteiger partial charge in [-0.1, -0.05) is 32.1 Å². The molecule has 1 aromatic rings. The quantitative estimate of drug-likeness (QED) is 0.604. The van der Waals surface area contributed by atoms with E-state index in [-0.39, 0.29) is 5.75 Å². The molecule has 0 saturated carbocycles. The molecular weight excluding hydrogens is 192 g/mol. The van der Waals surface area contributed by atoms with Gasteiger partial charge in [0.15, 0.2) is 0 Å². The van der Waals surface area contributed by atoms with Gasteiger partial charge in [-0.2, -0.15) is 0 Å². The van der Waals surface area contributed by atoms with Crippen molar-refractivity contribution in [2.24, 2.45) is 0 Å². The standard InChI is InChI=1S/C12H16OS/c1-4-8(2)10-5-6-12(13)11(7-10)9(3)14/h5-8,13H,4H2,1-3H3. The summed E-state index contributed by atoms with van der Waals surface area (Å²) in [4.78, 5) is 0.743. The predicted molar refractivity (Wildman–Crippen MR) is 64.2 cm³/mol. The van der Waals surface area contributed by atoms with Crippen LogP contribution in [0.5, 0.6) is 5.75 Å². The highest BCUT2D eigenvalue weighted by Crippen LogP contribution is 2.25. The van der Waals surface area contributed by atoms with Crippen molar-refractivity contribution >= 4 is 17.1 Å². The van der Waals surface area contributed by atoms with Crippen LogP contribution in [0.25, 0.3) is 0 Å². The maximum atomic E-state index is 9.57. The van der Waals surface area contributed by atoms with Gasteiger partial charge < -0.3 is 5.11 Å². The molecule has 1 N–H and O–H groups in total. The molecule has 0 spiro atoms. The zero-order chi connectivity index (χ0) is 10.7. The summed E-state index contributed by atoms with van der Waals surface area (Å²) in [5.74, 6) is 0.799. The SMILES string of the molecule is CCC(C)c1ccc(O)c(C(C)=S)c1. The summed E-state index contributed by atoms with van der Waals surface area (Å²) in [7, 11) is 0. The van der Waals surface area contributed by atoms with E-state index < -0.39 is 0 Å². The van der Waals surface area contributed by atoms with Crippen LogP contribution in [0.15, 0.2) is 18.2 Å². The van der Waals surface area contributed by atoms with Gasteiger partial charge in [0.05, 0.1) is 0 Å². The fourth-order valence-corrected chi connectivity index (χ4v) is 1.54. The van der Waals surface area contributed by atoms with Crippen molar-refractivity contribution in [1.82, 2.24) is 0 Å². The lowest BCUT2D eigenvalue weighted by molar-refractivity contribution is 0.474. The van der Waals surface area contributed by atoms with E-state index in [1.807, 2.05) is 19.1 Å². The van der Waals surface area contributed by atoms with Crippen LogP contribution < -0.4 is 0 Å². The molecule has 0 aliphatic carbocycles. The number of hydrogen-bond donors (Lipinski definition) is 1. The van der Waals surface area contributed by atoms with E-state index in [1.165, 1.54) is 5.56 Å². The minimum atomic E-state index is 0.282. The Bertz CT molecular complexity index is 344. The van der Waals surface area contributed by atoms with E-state index in [9.17, 15) is 5.11 Å². The molecule has 1 nitrogen and oxygen atoms in total. The maximum Gasteiger partial charge on any atom is 0.123 e. The van der Waals surface area contributed by atoms with Crippen molar-refractivity contribution in [1.29, 1.82) is 0 Å². The van der Waals surface area contributed by atoms with Gasteiger partial charge in [0, 0.05) is 10.4 Å². The summed E-state index contributed by atoms with van der Waals surface area (Å²) < 4.78 is 0. The van der Waals surface area contributed by atoms with Crippen LogP contribution >= 0.6 is 12.2 Å². The molecule has 0 radical (unpaired) electrons. The van der Waals surface area contributed by atoms with Gasteiger partial charge in [-0.3, -0.25) is 0 Å². The average molecular weight is 208 g/mol. The highest BCUT2D eigenvalue weighted by Gasteiger charge is 2.08. The van der Waals surface area contributed by atoms with E-state index in [0.29, 0.717) is 5.92 Å². The molecule has 0 bridgehead atoms. The molecule has 2 heteroatoms. The topological polar surface area (TPSA) is 20.2 Å². The Morgan fingerprint density at radius 1 is 1.50 bits per heavy atom. The molecule has 14 heavy (non-hydrogen) atoms. The number of thiocarbonyl (C=S) groups is 1. The zero-order valence-corrected chi connectivity index (χ0v) is 9.69. The van der Waals surface area contributed by atoms with E-state index in [2.05, 4.69) is 13.8 Å². The molecule has 0 saturated heterocycles. The second-order valence-electron chi connectivity index (χ2n) is 3.64. The molecule has 1 rings (SSSR count). The normalized spacial score (nSPS) is 12.5. The Morgan fingerprint density at radius 3 is 2.64 bits per heavy atom. The Hall–Kier alpha value is -0.890. The lowest BCUT2D eigenvalue weighted by atomic mass is 9.96. The summed E-state index contributed by atoms with van der Waals surface area (Å²) in [5.41, 5.74) is 2.03. The number of benzene rings is 1. The van der Waals surface area contributed by atoms with Gasteiger partial charge in [-0.25, -0.2) is 0 Å². The van der Waals surface area contributed by atoms with Crippen molar-refractivity contribution in [2.45, 2.75) is 33.1 Å². The molecule has 0 aliphatic heterocycles. The van der Waals surface area contributed by atoms with Crippen LogP contribution in [-0.2, 0) is 0 Å². The Balaban J connectivity index is 3.12. The third kappa shape index (κ3) is 2.32. The molecule has 0 fully saturated rings. The van der Waals surface area contributed by atoms with Gasteiger partial charge in [-0.05, 0) is 37.0 Å². The van der Waals surface area contributed by atoms with Gasteiger partial charge in [0.2, 0.25) is 0 Å². The van der Waals surface area contributed by atoms with Crippen LogP contribution in [0, 0.1) is 0 Å². The summed E-state index contributed by atoms with van der Waals surface area (Å²) in [6.45, 7) is 6.17. The first-order valence-corrected chi connectivity index (χ1v) is 5.31. The van der Waals surface area contributed by atoms with Crippen LogP contribution in [-0.4, -0.2) is 9.97 Å². The van der Waals surface area contributed by atoms with Crippen LogP contribution in [0.2, 0.25) is 0 Å². The molecule has 0 aliphatic rings. The summed E-state index contributed by atoms with van der Waals surface area (Å²) in [6.07, 6.45) is 1.10. The lowest BCUT2D eigenvalue weighted by Crippen LogP contribution is -1.96. The molecule has 0 heterocycles. The number of rotatable bonds is 3. The zero-order valence-electron chi connectivity index (χ0n) is 8.87. The van der Waals surface area contributed by atoms with Crippen molar-refractivity contribution in [3.05, 3.63) is 29.3 Å². The smallest absolute Gasteiger partial charge is 0.123 e. The molecule has 0 aromatic heterocycles. The van der Waals surface area contributed by atoms with Gasteiger partial charge in [0.1, 0.15) is 5.75 Å². The molecule has 0 amide bonds. The third-order valence-electron chi connectivity index (χ3n) is 2.58. The highest BCUT2D eigenvalue weighted by molar-refractivity contribution is 7.80. The fraction of sp³-hybridized carbons (Fsp3) is 0.417. The Kier molecular flexibility index (Phi) is 3.64. The van der Waals surface area contributed by atoms with Crippen LogP contribution in [0.4, 0.5) is 0 Å². The molecule has 76 valence electrons. The summed E-state index contributed by atoms with van der Waals surface area (Å²) in [5, 5.41) is 9.57. The Morgan fingerprint density at radius 2 is 2.14 bits per heavy atom. The second-order valence-corrected chi connectivity index (χ2v) is 4.25. The third-order valence-corrected chi connectivity index (χ3v) is 2.80. The molecule has 1 aromatic carbocycles. The molecule has 1 unspecified atom stereocenters. The van der Waals surface area contributed by atoms with E-state index in [0.717, 1.165) is 16.8 Å². The molecule has 1 atom stereocenters. The maximum absolute atomic E-state index is 9.57. The van der Waals surface area contributed by atoms with Crippen molar-refractivity contribution in [3.8, 4) is 5.75 Å². The average Bonchev–Trinajstić information content (AvgIpc) is 2.17. The van der Waals surface area contributed by atoms with E-state index in [4.69, 9.17) is 12.2 Å². The highest BCUT2D eigenvalue weighted by atomic mass is 32.1. The van der Waals surface area contributed by atoms with Crippen molar-refractivity contribution in [2.75, 3.05) is 0 Å². The fourth-order valence-electron chi connectivity index (χ4n) is 1.38.